The smallest absolute Gasteiger partial charge is 0.430 e. The number of rotatable bonds is 5. The molecule has 0 fully saturated rings. The number of nitro groups is 1. The fourth-order valence-electron chi connectivity index (χ4n) is 4.95. The number of benzene rings is 4. The first kappa shape index (κ1) is 69.2. The number of hydrogen-bond donors (Lipinski definition) is 7. The minimum atomic E-state index is -6.07. The normalized spacial score (nSPS) is 13.2. The van der Waals surface area contributed by atoms with Crippen molar-refractivity contribution in [2.75, 3.05) is 5.73 Å². The number of nitrogens with zero attached hydrogens (tertiary/aromatic N) is 1. The van der Waals surface area contributed by atoms with Gasteiger partial charge in [-0.05, 0) is 24.3 Å². The first-order chi connectivity index (χ1) is 31.9. The van der Waals surface area contributed by atoms with Crippen molar-refractivity contribution in [2.45, 2.75) is 71.8 Å². The molecule has 0 amide bonds. The molecular formula is C37H28BrF24N3O8. The highest BCUT2D eigenvalue weighted by molar-refractivity contribution is 9.10. The second-order valence-corrected chi connectivity index (χ2v) is 14.2. The Kier molecular flexibility index (Phi) is 22.8. The van der Waals surface area contributed by atoms with Gasteiger partial charge in [-0.1, -0.05) is 82.7 Å². The zero-order chi connectivity index (χ0) is 57.3. The number of alkyl halides is 24. The van der Waals surface area contributed by atoms with Gasteiger partial charge in [-0.3, -0.25) is 14.9 Å². The Morgan fingerprint density at radius 3 is 0.945 bits per heavy atom. The van der Waals surface area contributed by atoms with Gasteiger partial charge in [0.1, 0.15) is 0 Å². The van der Waals surface area contributed by atoms with Crippen LogP contribution in [0, 0.1) is 10.1 Å². The molecule has 0 aromatic heterocycles. The third-order valence-electron chi connectivity index (χ3n) is 8.50. The van der Waals surface area contributed by atoms with E-state index < -0.39 is 105 Å². The molecule has 10 N–H and O–H groups in total. The summed E-state index contributed by atoms with van der Waals surface area (Å²) in [5.74, 6) is 0. The van der Waals surface area contributed by atoms with Crippen molar-refractivity contribution in [3.05, 3.63) is 140 Å². The van der Waals surface area contributed by atoms with Gasteiger partial charge in [-0.2, -0.15) is 105 Å². The number of anilines is 1. The lowest BCUT2D eigenvalue weighted by Gasteiger charge is -2.32. The predicted octanol–water partition coefficient (Wildman–Crippen LogP) is 12.1. The van der Waals surface area contributed by atoms with Crippen LogP contribution in [-0.2, 0) is 27.2 Å². The Labute approximate surface area is 397 Å². The zero-order valence-corrected chi connectivity index (χ0v) is 36.1. The molecule has 0 aliphatic carbocycles. The maximum absolute atomic E-state index is 12.5. The minimum absolute atomic E-state index is 0. The third kappa shape index (κ3) is 15.6. The summed E-state index contributed by atoms with van der Waals surface area (Å²) in [7, 11) is 0. The van der Waals surface area contributed by atoms with Gasteiger partial charge >= 0.3 is 49.4 Å². The molecule has 0 unspecified atom stereocenters. The molecule has 0 aliphatic rings. The first-order valence-corrected chi connectivity index (χ1v) is 18.2. The minimum Gasteiger partial charge on any atom is -0.483 e. The van der Waals surface area contributed by atoms with E-state index in [9.17, 15) is 115 Å². The van der Waals surface area contributed by atoms with Gasteiger partial charge in [0.25, 0.3) is 34.6 Å². The predicted molar refractivity (Wildman–Crippen MR) is 202 cm³/mol. The monoisotopic (exact) mass is 1180 g/mol. The first-order valence-electron chi connectivity index (χ1n) is 17.4. The standard InChI is InChI=1S/C9H5BrF6O.C9H5F6NO3.C9H7F6NO.C9H6F6O.CH2O2.H3N/c10-6-3-1-2-5(4-6)7(17,8(11,12)13)9(14,15)16;10-8(11,12)7(17,9(13,14)15)5-2-1-3-6(4-5)16(18)19;10-8(11,12)7(17,9(13,14)15)5-2-1-3-6(16)4-5;10-8(11,12)7(16,9(13,14)15)6-4-2-1-3-5-6;2-1-3;/h1-4,17H;1-4,17H;1-4,17H,16H2;1-5,16H;1H,(H,2,3);1H3. The van der Waals surface area contributed by atoms with Crippen molar-refractivity contribution >= 4 is 33.8 Å². The summed E-state index contributed by atoms with van der Waals surface area (Å²) in [4.78, 5) is 17.5. The van der Waals surface area contributed by atoms with E-state index in [2.05, 4.69) is 15.9 Å². The summed E-state index contributed by atoms with van der Waals surface area (Å²) >= 11 is 2.74. The number of nitro benzene ring substituents is 1. The van der Waals surface area contributed by atoms with Gasteiger partial charge in [0.05, 0.1) is 4.92 Å². The molecule has 0 saturated carbocycles. The van der Waals surface area contributed by atoms with Crippen molar-refractivity contribution in [3.8, 4) is 0 Å². The Balaban J connectivity index is 0. The summed E-state index contributed by atoms with van der Waals surface area (Å²) in [6.07, 6.45) is -47.3. The molecule has 0 bridgehead atoms. The lowest BCUT2D eigenvalue weighted by Crippen LogP contribution is -2.53. The quantitative estimate of drug-likeness (QED) is 0.0329. The summed E-state index contributed by atoms with van der Waals surface area (Å²) < 4.78 is 298. The molecule has 11 nitrogen and oxygen atoms in total. The number of carboxylic acid groups (broad SMARTS) is 1. The maximum Gasteiger partial charge on any atom is 0.430 e. The van der Waals surface area contributed by atoms with Gasteiger partial charge in [0, 0.05) is 44.5 Å². The van der Waals surface area contributed by atoms with E-state index in [1.807, 2.05) is 0 Å². The molecule has 414 valence electrons. The molecule has 0 saturated heterocycles. The van der Waals surface area contributed by atoms with Crippen LogP contribution in [0.1, 0.15) is 22.3 Å². The largest absolute Gasteiger partial charge is 0.483 e. The number of nitrogens with two attached hydrogens (primary N) is 1. The summed E-state index contributed by atoms with van der Waals surface area (Å²) in [6, 6.07) is 12.3. The van der Waals surface area contributed by atoms with Crippen molar-refractivity contribution in [2.24, 2.45) is 0 Å². The van der Waals surface area contributed by atoms with Crippen LogP contribution in [0.3, 0.4) is 0 Å². The Morgan fingerprint density at radius 2 is 0.671 bits per heavy atom. The topological polar surface area (TPSA) is 222 Å². The molecule has 0 spiro atoms. The second-order valence-electron chi connectivity index (χ2n) is 13.2. The number of aliphatic hydroxyl groups is 4. The van der Waals surface area contributed by atoms with Gasteiger partial charge < -0.3 is 37.4 Å². The number of hydrogen-bond acceptors (Lipinski definition) is 9. The summed E-state index contributed by atoms with van der Waals surface area (Å²) in [6.45, 7) is -0.250. The third-order valence-corrected chi connectivity index (χ3v) is 8.99. The van der Waals surface area contributed by atoms with Gasteiger partial charge in [0.2, 0.25) is 0 Å². The lowest BCUT2D eigenvalue weighted by atomic mass is 9.92. The van der Waals surface area contributed by atoms with E-state index in [0.717, 1.165) is 30.3 Å². The number of halogens is 25. The molecule has 0 heterocycles. The molecule has 0 aliphatic heterocycles. The fraction of sp³-hybridized carbons (Fsp3) is 0.324. The molecule has 4 aromatic carbocycles. The Morgan fingerprint density at radius 1 is 0.425 bits per heavy atom. The van der Waals surface area contributed by atoms with Crippen LogP contribution in [0.4, 0.5) is 117 Å². The van der Waals surface area contributed by atoms with E-state index in [1.54, 1.807) is 0 Å². The van der Waals surface area contributed by atoms with Crippen molar-refractivity contribution in [1.82, 2.24) is 6.15 Å². The van der Waals surface area contributed by atoms with Crippen LogP contribution >= 0.6 is 15.9 Å². The van der Waals surface area contributed by atoms with Crippen molar-refractivity contribution in [3.63, 3.8) is 0 Å². The van der Waals surface area contributed by atoms with E-state index in [-0.39, 0.29) is 28.8 Å². The van der Waals surface area contributed by atoms with Crippen LogP contribution in [0.5, 0.6) is 0 Å². The summed E-state index contributed by atoms with van der Waals surface area (Å²) in [5.41, 5.74) is -21.6. The fourth-order valence-corrected chi connectivity index (χ4v) is 5.35. The van der Waals surface area contributed by atoms with Crippen LogP contribution < -0.4 is 11.9 Å². The molecule has 73 heavy (non-hydrogen) atoms. The summed E-state index contributed by atoms with van der Waals surface area (Å²) in [5, 5.41) is 53.1. The van der Waals surface area contributed by atoms with Gasteiger partial charge in [-0.15, -0.1) is 0 Å². The van der Waals surface area contributed by atoms with Crippen LogP contribution in [0.25, 0.3) is 0 Å². The zero-order valence-electron chi connectivity index (χ0n) is 34.5. The molecular weight excluding hydrogens is 1150 g/mol. The SMILES string of the molecule is N.Nc1cccc(C(O)(C(F)(F)F)C(F)(F)F)c1.O=CO.O=[N+]([O-])c1cccc(C(O)(C(F)(F)F)C(F)(F)F)c1.OC(c1cccc(Br)c1)(C(F)(F)F)C(F)(F)F.OC(c1ccccc1)(C(F)(F)F)C(F)(F)F. The Bertz CT molecular complexity index is 2250. The van der Waals surface area contributed by atoms with E-state index >= 15 is 0 Å². The molecule has 36 heteroatoms. The highest BCUT2D eigenvalue weighted by Gasteiger charge is 2.74. The molecule has 4 rings (SSSR count). The highest BCUT2D eigenvalue weighted by Crippen LogP contribution is 2.53. The average molecular weight is 1180 g/mol. The highest BCUT2D eigenvalue weighted by atomic mass is 79.9. The molecule has 0 atom stereocenters. The van der Waals surface area contributed by atoms with E-state index in [1.165, 1.54) is 12.1 Å². The van der Waals surface area contributed by atoms with Crippen molar-refractivity contribution < 1.29 is 141 Å². The van der Waals surface area contributed by atoms with E-state index in [4.69, 9.17) is 36.1 Å². The molecule has 0 radical (unpaired) electrons. The Hall–Kier alpha value is -5.85. The number of carbonyl (C=O) groups is 1. The van der Waals surface area contributed by atoms with Gasteiger partial charge in [-0.25, -0.2) is 0 Å². The second kappa shape index (κ2) is 24.0. The number of non-ortho nitro benzene ring substituents is 1. The maximum atomic E-state index is 12.5. The van der Waals surface area contributed by atoms with Crippen LogP contribution in [0.2, 0.25) is 0 Å². The van der Waals surface area contributed by atoms with E-state index in [0.29, 0.717) is 54.6 Å². The number of nitrogen functional groups attached to an aromatic ring is 1. The average Bonchev–Trinajstić information content (AvgIpc) is 3.20. The van der Waals surface area contributed by atoms with Crippen molar-refractivity contribution in [1.29, 1.82) is 0 Å². The van der Waals surface area contributed by atoms with Gasteiger partial charge in [0.15, 0.2) is 0 Å². The lowest BCUT2D eigenvalue weighted by molar-refractivity contribution is -0.387. The van der Waals surface area contributed by atoms with Crippen LogP contribution in [0.15, 0.2) is 108 Å². The van der Waals surface area contributed by atoms with Crippen LogP contribution in [-0.4, -0.2) is 86.3 Å². The molecule has 4 aromatic rings.